The third kappa shape index (κ3) is 6.48. The van der Waals surface area contributed by atoms with E-state index >= 15 is 0 Å². The molecule has 1 heterocycles. The molecule has 0 aromatic heterocycles. The first kappa shape index (κ1) is 25.5. The Labute approximate surface area is 185 Å². The minimum absolute atomic E-state index is 0. The number of nitrogens with zero attached hydrogens (tertiary/aromatic N) is 3. The Morgan fingerprint density at radius 3 is 1.97 bits per heavy atom. The van der Waals surface area contributed by atoms with Gasteiger partial charge in [0.25, 0.3) is 11.6 Å². The lowest BCUT2D eigenvalue weighted by Crippen LogP contribution is -2.49. The fourth-order valence-electron chi connectivity index (χ4n) is 3.12. The van der Waals surface area contributed by atoms with E-state index in [1.54, 1.807) is 4.90 Å². The van der Waals surface area contributed by atoms with Gasteiger partial charge in [-0.15, -0.1) is 24.8 Å². The van der Waals surface area contributed by atoms with E-state index < -0.39 is 4.92 Å². The SMILES string of the molecule is Cl.Cl.O=C(CCN1CCN(C(=O)c2ccc(F)cc2)CC1)c1ccc([N+](=O)[O-])cc1. The van der Waals surface area contributed by atoms with Crippen molar-refractivity contribution >= 4 is 42.2 Å². The zero-order valence-corrected chi connectivity index (χ0v) is 17.7. The molecule has 0 N–H and O–H groups in total. The quantitative estimate of drug-likeness (QED) is 0.375. The summed E-state index contributed by atoms with van der Waals surface area (Å²) in [7, 11) is 0. The lowest BCUT2D eigenvalue weighted by molar-refractivity contribution is -0.384. The van der Waals surface area contributed by atoms with E-state index in [1.165, 1.54) is 48.5 Å². The Morgan fingerprint density at radius 2 is 1.43 bits per heavy atom. The number of Topliss-reactive ketones (excluding diaryl/α,β-unsaturated/α-hetero) is 1. The number of benzene rings is 2. The van der Waals surface area contributed by atoms with Gasteiger partial charge in [0.05, 0.1) is 4.92 Å². The lowest BCUT2D eigenvalue weighted by atomic mass is 10.1. The molecule has 0 aliphatic carbocycles. The summed E-state index contributed by atoms with van der Waals surface area (Å²) in [6, 6.07) is 11.1. The zero-order chi connectivity index (χ0) is 20.1. The smallest absolute Gasteiger partial charge is 0.269 e. The van der Waals surface area contributed by atoms with E-state index in [4.69, 9.17) is 0 Å². The summed E-state index contributed by atoms with van der Waals surface area (Å²) in [5, 5.41) is 10.7. The van der Waals surface area contributed by atoms with E-state index in [9.17, 15) is 24.1 Å². The van der Waals surface area contributed by atoms with Crippen molar-refractivity contribution in [2.24, 2.45) is 0 Å². The number of hydrogen-bond acceptors (Lipinski definition) is 5. The summed E-state index contributed by atoms with van der Waals surface area (Å²) in [5.41, 5.74) is 0.873. The third-order valence-corrected chi connectivity index (χ3v) is 4.81. The van der Waals surface area contributed by atoms with Gasteiger partial charge in [0.2, 0.25) is 0 Å². The highest BCUT2D eigenvalue weighted by Crippen LogP contribution is 2.14. The highest BCUT2D eigenvalue weighted by atomic mass is 35.5. The van der Waals surface area contributed by atoms with Crippen molar-refractivity contribution in [3.8, 4) is 0 Å². The topological polar surface area (TPSA) is 83.8 Å². The molecule has 0 saturated carbocycles. The van der Waals surface area contributed by atoms with Gasteiger partial charge in [0, 0.05) is 62.4 Å². The van der Waals surface area contributed by atoms with E-state index in [2.05, 4.69) is 4.90 Å². The molecule has 30 heavy (non-hydrogen) atoms. The Kier molecular flexibility index (Phi) is 9.84. The second-order valence-corrected chi connectivity index (χ2v) is 6.62. The first-order valence-electron chi connectivity index (χ1n) is 8.99. The molecule has 3 rings (SSSR count). The molecule has 1 aliphatic heterocycles. The summed E-state index contributed by atoms with van der Waals surface area (Å²) < 4.78 is 13.0. The van der Waals surface area contributed by atoms with Gasteiger partial charge in [-0.05, 0) is 36.4 Å². The number of non-ortho nitro benzene ring substituents is 1. The van der Waals surface area contributed by atoms with Gasteiger partial charge >= 0.3 is 0 Å². The van der Waals surface area contributed by atoms with Crippen LogP contribution < -0.4 is 0 Å². The van der Waals surface area contributed by atoms with Gasteiger partial charge in [-0.3, -0.25) is 24.6 Å². The number of amides is 1. The van der Waals surface area contributed by atoms with Crippen molar-refractivity contribution in [2.45, 2.75) is 6.42 Å². The van der Waals surface area contributed by atoms with E-state index in [0.29, 0.717) is 50.3 Å². The van der Waals surface area contributed by atoms with Crippen molar-refractivity contribution < 1.29 is 18.9 Å². The zero-order valence-electron chi connectivity index (χ0n) is 16.0. The first-order chi connectivity index (χ1) is 13.4. The number of hydrogen-bond donors (Lipinski definition) is 0. The summed E-state index contributed by atoms with van der Waals surface area (Å²) >= 11 is 0. The van der Waals surface area contributed by atoms with E-state index in [0.717, 1.165) is 0 Å². The molecule has 1 aliphatic rings. The number of nitro groups is 1. The van der Waals surface area contributed by atoms with Crippen LogP contribution in [0.2, 0.25) is 0 Å². The standard InChI is InChI=1S/C20H20FN3O4.2ClH/c21-17-5-1-16(2-6-17)20(26)23-13-11-22(12-14-23)10-9-19(25)15-3-7-18(8-4-15)24(27)28;;/h1-8H,9-14H2;2*1H. The second-order valence-electron chi connectivity index (χ2n) is 6.62. The molecule has 2 aromatic rings. The number of rotatable bonds is 6. The highest BCUT2D eigenvalue weighted by Gasteiger charge is 2.22. The van der Waals surface area contributed by atoms with Crippen molar-refractivity contribution in [2.75, 3.05) is 32.7 Å². The van der Waals surface area contributed by atoms with Gasteiger partial charge in [-0.1, -0.05) is 0 Å². The normalized spacial score (nSPS) is 13.7. The van der Waals surface area contributed by atoms with Crippen LogP contribution in [0.3, 0.4) is 0 Å². The van der Waals surface area contributed by atoms with E-state index in [1.807, 2.05) is 0 Å². The number of piperazine rings is 1. The number of ketones is 1. The maximum atomic E-state index is 13.0. The van der Waals surface area contributed by atoms with Gasteiger partial charge in [-0.2, -0.15) is 0 Å². The molecule has 0 unspecified atom stereocenters. The Hall–Kier alpha value is -2.55. The largest absolute Gasteiger partial charge is 0.336 e. The van der Waals surface area contributed by atoms with Gasteiger partial charge in [0.15, 0.2) is 5.78 Å². The van der Waals surface area contributed by atoms with Crippen LogP contribution in [0.25, 0.3) is 0 Å². The second kappa shape index (κ2) is 11.6. The highest BCUT2D eigenvalue weighted by molar-refractivity contribution is 5.96. The van der Waals surface area contributed by atoms with Gasteiger partial charge in [0.1, 0.15) is 5.82 Å². The molecular formula is C20H22Cl2FN3O4. The molecule has 0 spiro atoms. The van der Waals surface area contributed by atoms with Gasteiger partial charge in [-0.25, -0.2) is 4.39 Å². The van der Waals surface area contributed by atoms with Gasteiger partial charge < -0.3 is 4.90 Å². The summed E-state index contributed by atoms with van der Waals surface area (Å²) in [6.45, 7) is 2.96. The molecule has 1 amide bonds. The van der Waals surface area contributed by atoms with Crippen LogP contribution in [0.4, 0.5) is 10.1 Å². The van der Waals surface area contributed by atoms with Crippen molar-refractivity contribution in [1.82, 2.24) is 9.80 Å². The molecule has 1 fully saturated rings. The molecule has 0 atom stereocenters. The Bertz CT molecular complexity index is 871. The van der Waals surface area contributed by atoms with Crippen molar-refractivity contribution in [3.63, 3.8) is 0 Å². The Balaban J connectivity index is 0.00000225. The predicted molar refractivity (Wildman–Crippen MR) is 115 cm³/mol. The molecular weight excluding hydrogens is 436 g/mol. The van der Waals surface area contributed by atoms with Crippen LogP contribution in [0.15, 0.2) is 48.5 Å². The van der Waals surface area contributed by atoms with Crippen LogP contribution in [-0.2, 0) is 0 Å². The Morgan fingerprint density at radius 1 is 0.900 bits per heavy atom. The predicted octanol–water partition coefficient (Wildman–Crippen LogP) is 3.61. The fourth-order valence-corrected chi connectivity index (χ4v) is 3.12. The molecule has 2 aromatic carbocycles. The first-order valence-corrected chi connectivity index (χ1v) is 8.99. The molecule has 0 bridgehead atoms. The number of nitro benzene ring substituents is 1. The summed E-state index contributed by atoms with van der Waals surface area (Å²) in [4.78, 5) is 38.7. The molecule has 162 valence electrons. The van der Waals surface area contributed by atoms with Crippen LogP contribution in [0.1, 0.15) is 27.1 Å². The fraction of sp³-hybridized carbons (Fsp3) is 0.300. The third-order valence-electron chi connectivity index (χ3n) is 4.81. The van der Waals surface area contributed by atoms with Crippen molar-refractivity contribution in [3.05, 3.63) is 75.6 Å². The maximum Gasteiger partial charge on any atom is 0.269 e. The van der Waals surface area contributed by atoms with Crippen molar-refractivity contribution in [1.29, 1.82) is 0 Å². The minimum atomic E-state index is -0.499. The average molecular weight is 458 g/mol. The average Bonchev–Trinajstić information content (AvgIpc) is 2.72. The summed E-state index contributed by atoms with van der Waals surface area (Å²) in [6.07, 6.45) is 0.309. The molecule has 7 nitrogen and oxygen atoms in total. The van der Waals surface area contributed by atoms with Crippen LogP contribution in [0.5, 0.6) is 0 Å². The number of carbonyl (C=O) groups excluding carboxylic acids is 2. The molecule has 1 saturated heterocycles. The number of carbonyl (C=O) groups is 2. The molecule has 10 heteroatoms. The van der Waals surface area contributed by atoms with E-state index in [-0.39, 0.29) is 48.0 Å². The lowest BCUT2D eigenvalue weighted by Gasteiger charge is -2.34. The van der Waals surface area contributed by atoms with Crippen LogP contribution in [-0.4, -0.2) is 59.1 Å². The van der Waals surface area contributed by atoms with Crippen LogP contribution in [0, 0.1) is 15.9 Å². The monoisotopic (exact) mass is 457 g/mol. The number of halogens is 3. The summed E-state index contributed by atoms with van der Waals surface area (Å²) in [5.74, 6) is -0.569. The maximum absolute atomic E-state index is 13.0. The van der Waals surface area contributed by atoms with Crippen LogP contribution >= 0.6 is 24.8 Å². The minimum Gasteiger partial charge on any atom is -0.336 e. The molecule has 0 radical (unpaired) electrons.